The van der Waals surface area contributed by atoms with Crippen LogP contribution >= 0.6 is 11.8 Å². The van der Waals surface area contributed by atoms with Gasteiger partial charge in [0, 0.05) is 11.4 Å². The maximum atomic E-state index is 12.2. The highest BCUT2D eigenvalue weighted by atomic mass is 32.2. The van der Waals surface area contributed by atoms with Gasteiger partial charge in [0.25, 0.3) is 5.91 Å². The molecule has 0 aliphatic heterocycles. The molecule has 0 saturated heterocycles. The average Bonchev–Trinajstić information content (AvgIpc) is 2.59. The lowest BCUT2D eigenvalue weighted by Crippen LogP contribution is -2.18. The van der Waals surface area contributed by atoms with Crippen LogP contribution in [0.3, 0.4) is 0 Å². The number of primary amides is 1. The zero-order chi connectivity index (χ0) is 19.3. The molecule has 1 aromatic heterocycles. The van der Waals surface area contributed by atoms with Crippen LogP contribution in [0.15, 0.2) is 29.3 Å². The Bertz CT molecular complexity index is 820. The molecule has 0 spiro atoms. The number of pyridine rings is 1. The molecule has 0 aliphatic carbocycles. The molecule has 0 unspecified atom stereocenters. The third-order valence-corrected chi connectivity index (χ3v) is 4.97. The summed E-state index contributed by atoms with van der Waals surface area (Å²) in [4.78, 5) is 28.4. The van der Waals surface area contributed by atoms with E-state index in [0.29, 0.717) is 22.9 Å². The van der Waals surface area contributed by atoms with Gasteiger partial charge in [-0.1, -0.05) is 11.8 Å². The van der Waals surface area contributed by atoms with Gasteiger partial charge in [-0.3, -0.25) is 9.59 Å². The second kappa shape index (κ2) is 8.71. The molecule has 0 atom stereocenters. The predicted octanol–water partition coefficient (Wildman–Crippen LogP) is 3.24. The average molecular weight is 373 g/mol. The molecule has 0 aliphatic rings. The van der Waals surface area contributed by atoms with Gasteiger partial charge < -0.3 is 15.8 Å². The van der Waals surface area contributed by atoms with Gasteiger partial charge in [-0.2, -0.15) is 0 Å². The number of hydrogen-bond acceptors (Lipinski definition) is 5. The summed E-state index contributed by atoms with van der Waals surface area (Å²) < 4.78 is 5.37. The number of thioether (sulfide) groups is 1. The number of carbonyl (C=O) groups excluding carboxylic acids is 2. The number of nitrogens with one attached hydrogen (secondary N) is 1. The van der Waals surface area contributed by atoms with Gasteiger partial charge >= 0.3 is 0 Å². The first-order valence-corrected chi connectivity index (χ1v) is 9.25. The van der Waals surface area contributed by atoms with Crippen LogP contribution in [0.1, 0.15) is 34.1 Å². The summed E-state index contributed by atoms with van der Waals surface area (Å²) in [6.07, 6.45) is 0. The van der Waals surface area contributed by atoms with Crippen LogP contribution in [0.25, 0.3) is 0 Å². The Morgan fingerprint density at radius 2 is 1.81 bits per heavy atom. The molecule has 0 radical (unpaired) electrons. The van der Waals surface area contributed by atoms with E-state index in [4.69, 9.17) is 10.5 Å². The molecule has 1 heterocycles. The van der Waals surface area contributed by atoms with Gasteiger partial charge in [0.05, 0.1) is 17.9 Å². The minimum atomic E-state index is -0.535. The molecule has 2 amide bonds. The summed E-state index contributed by atoms with van der Waals surface area (Å²) in [7, 11) is 0. The van der Waals surface area contributed by atoms with Crippen LogP contribution in [-0.4, -0.2) is 29.2 Å². The Morgan fingerprint density at radius 1 is 1.15 bits per heavy atom. The number of ether oxygens (including phenoxy) is 1. The highest BCUT2D eigenvalue weighted by Crippen LogP contribution is 2.27. The number of nitrogens with zero attached hydrogens (tertiary/aromatic N) is 1. The molecule has 6 nitrogen and oxygen atoms in total. The van der Waals surface area contributed by atoms with Gasteiger partial charge in [0.1, 0.15) is 10.8 Å². The lowest BCUT2D eigenvalue weighted by molar-refractivity contribution is -0.113. The van der Waals surface area contributed by atoms with Crippen LogP contribution in [0.5, 0.6) is 5.75 Å². The Balaban J connectivity index is 2.06. The van der Waals surface area contributed by atoms with E-state index in [1.165, 1.54) is 11.8 Å². The van der Waals surface area contributed by atoms with Gasteiger partial charge in [-0.05, 0) is 63.1 Å². The van der Waals surface area contributed by atoms with Crippen molar-refractivity contribution in [2.45, 2.75) is 32.7 Å². The number of rotatable bonds is 7. The molecular formula is C19H23N3O3S. The van der Waals surface area contributed by atoms with E-state index in [1.54, 1.807) is 24.3 Å². The van der Waals surface area contributed by atoms with Gasteiger partial charge in [-0.15, -0.1) is 0 Å². The zero-order valence-corrected chi connectivity index (χ0v) is 16.2. The van der Waals surface area contributed by atoms with E-state index >= 15 is 0 Å². The number of aryl methyl sites for hydroxylation is 1. The van der Waals surface area contributed by atoms with Crippen molar-refractivity contribution in [1.82, 2.24) is 4.98 Å². The van der Waals surface area contributed by atoms with Crippen LogP contribution < -0.4 is 15.8 Å². The molecule has 2 rings (SSSR count). The first-order chi connectivity index (χ1) is 12.3. The van der Waals surface area contributed by atoms with Crippen LogP contribution in [0, 0.1) is 20.8 Å². The van der Waals surface area contributed by atoms with Gasteiger partial charge in [0.15, 0.2) is 0 Å². The molecule has 3 N–H and O–H groups in total. The summed E-state index contributed by atoms with van der Waals surface area (Å²) in [5.41, 5.74) is 9.12. The molecule has 7 heteroatoms. The number of carbonyl (C=O) groups is 2. The Hall–Kier alpha value is -2.54. The van der Waals surface area contributed by atoms with E-state index < -0.39 is 5.91 Å². The summed E-state index contributed by atoms with van der Waals surface area (Å²) >= 11 is 1.20. The molecule has 0 fully saturated rings. The van der Waals surface area contributed by atoms with Gasteiger partial charge in [-0.25, -0.2) is 4.98 Å². The lowest BCUT2D eigenvalue weighted by Gasteiger charge is -2.13. The fourth-order valence-electron chi connectivity index (χ4n) is 2.44. The first kappa shape index (κ1) is 19.8. The van der Waals surface area contributed by atoms with Crippen LogP contribution in [0.4, 0.5) is 5.69 Å². The van der Waals surface area contributed by atoms with Crippen molar-refractivity contribution in [3.05, 3.63) is 46.6 Å². The number of nitrogens with two attached hydrogens (primary N) is 1. The Labute approximate surface area is 157 Å². The SMILES string of the molecule is CCOc1ccc(NC(=O)CSc2nc(C)c(C)c(C)c2C(N)=O)cc1. The van der Waals surface area contributed by atoms with Gasteiger partial charge in [0.2, 0.25) is 5.91 Å². The fraction of sp³-hybridized carbons (Fsp3) is 0.316. The summed E-state index contributed by atoms with van der Waals surface area (Å²) in [5, 5.41) is 3.30. The highest BCUT2D eigenvalue weighted by Gasteiger charge is 2.18. The Morgan fingerprint density at radius 3 is 2.38 bits per heavy atom. The minimum absolute atomic E-state index is 0.127. The van der Waals surface area contributed by atoms with Crippen molar-refractivity contribution < 1.29 is 14.3 Å². The lowest BCUT2D eigenvalue weighted by atomic mass is 10.0. The number of anilines is 1. The zero-order valence-electron chi connectivity index (χ0n) is 15.4. The van der Waals surface area contributed by atoms with Crippen molar-refractivity contribution in [3.63, 3.8) is 0 Å². The van der Waals surface area contributed by atoms with E-state index in [2.05, 4.69) is 10.3 Å². The van der Waals surface area contributed by atoms with Crippen molar-refractivity contribution in [2.75, 3.05) is 17.7 Å². The van der Waals surface area contributed by atoms with Crippen LogP contribution in [0.2, 0.25) is 0 Å². The molecule has 0 saturated carbocycles. The summed E-state index contributed by atoms with van der Waals surface area (Å²) in [5.74, 6) is 0.156. The highest BCUT2D eigenvalue weighted by molar-refractivity contribution is 8.00. The van der Waals surface area contributed by atoms with Crippen molar-refractivity contribution in [2.24, 2.45) is 5.73 Å². The quantitative estimate of drug-likeness (QED) is 0.727. The fourth-order valence-corrected chi connectivity index (χ4v) is 3.38. The third kappa shape index (κ3) is 4.76. The summed E-state index contributed by atoms with van der Waals surface area (Å²) in [6.45, 7) is 8.12. The summed E-state index contributed by atoms with van der Waals surface area (Å²) in [6, 6.07) is 7.15. The molecule has 1 aromatic carbocycles. The normalized spacial score (nSPS) is 10.5. The minimum Gasteiger partial charge on any atom is -0.494 e. The molecular weight excluding hydrogens is 350 g/mol. The van der Waals surface area contributed by atoms with E-state index in [9.17, 15) is 9.59 Å². The molecule has 26 heavy (non-hydrogen) atoms. The largest absolute Gasteiger partial charge is 0.494 e. The molecule has 0 bridgehead atoms. The van der Waals surface area contributed by atoms with Crippen LogP contribution in [-0.2, 0) is 4.79 Å². The Kier molecular flexibility index (Phi) is 6.63. The van der Waals surface area contributed by atoms with Crippen molar-refractivity contribution in [1.29, 1.82) is 0 Å². The number of hydrogen-bond donors (Lipinski definition) is 2. The smallest absolute Gasteiger partial charge is 0.251 e. The first-order valence-electron chi connectivity index (χ1n) is 8.26. The van der Waals surface area contributed by atoms with E-state index in [1.807, 2.05) is 27.7 Å². The predicted molar refractivity (Wildman–Crippen MR) is 104 cm³/mol. The molecule has 2 aromatic rings. The van der Waals surface area contributed by atoms with E-state index in [-0.39, 0.29) is 11.7 Å². The van der Waals surface area contributed by atoms with Crippen molar-refractivity contribution >= 4 is 29.3 Å². The maximum Gasteiger partial charge on any atom is 0.251 e. The second-order valence-electron chi connectivity index (χ2n) is 5.79. The monoisotopic (exact) mass is 373 g/mol. The molecule has 138 valence electrons. The standard InChI is InChI=1S/C19H23N3O3S/c1-5-25-15-8-6-14(7-9-15)22-16(23)10-26-19-17(18(20)24)12(3)11(2)13(4)21-19/h6-9H,5,10H2,1-4H3,(H2,20,24)(H,22,23). The third-order valence-electron chi connectivity index (χ3n) is 4.00. The van der Waals surface area contributed by atoms with E-state index in [0.717, 1.165) is 22.6 Å². The number of amides is 2. The maximum absolute atomic E-state index is 12.2. The topological polar surface area (TPSA) is 94.3 Å². The number of benzene rings is 1. The van der Waals surface area contributed by atoms with Crippen molar-refractivity contribution in [3.8, 4) is 5.75 Å². The second-order valence-corrected chi connectivity index (χ2v) is 6.75. The number of aromatic nitrogens is 1.